The molecule has 0 aliphatic heterocycles. The summed E-state index contributed by atoms with van der Waals surface area (Å²) >= 11 is 0. The van der Waals surface area contributed by atoms with Crippen LogP contribution in [-0.4, -0.2) is 23.5 Å². The molecule has 1 amide bonds. The molecule has 0 atom stereocenters. The van der Waals surface area contributed by atoms with Crippen molar-refractivity contribution in [3.8, 4) is 0 Å². The molecule has 0 aliphatic rings. The Hall–Kier alpha value is -2.30. The normalized spacial score (nSPS) is 10.8. The van der Waals surface area contributed by atoms with E-state index in [4.69, 9.17) is 5.73 Å². The number of benzene rings is 1. The molecule has 106 valence electrons. The number of rotatable bonds is 4. The zero-order valence-electron chi connectivity index (χ0n) is 12.0. The van der Waals surface area contributed by atoms with Crippen molar-refractivity contribution in [2.24, 2.45) is 0 Å². The molecule has 0 aliphatic carbocycles. The van der Waals surface area contributed by atoms with Crippen LogP contribution in [0.1, 0.15) is 19.5 Å². The molecular weight excluding hydrogens is 252 g/mol. The molecule has 1 heterocycles. The first-order chi connectivity index (χ1) is 9.47. The molecule has 1 aromatic carbocycles. The molecule has 0 saturated carbocycles. The van der Waals surface area contributed by atoms with Gasteiger partial charge in [-0.2, -0.15) is 0 Å². The number of nitrogens with zero attached hydrogens (tertiary/aromatic N) is 1. The minimum Gasteiger partial charge on any atom is -0.398 e. The van der Waals surface area contributed by atoms with Gasteiger partial charge in [0, 0.05) is 40.1 Å². The van der Waals surface area contributed by atoms with E-state index in [0.717, 1.165) is 22.2 Å². The third-order valence-corrected chi connectivity index (χ3v) is 2.96. The summed E-state index contributed by atoms with van der Waals surface area (Å²) in [5.41, 5.74) is 8.44. The zero-order valence-corrected chi connectivity index (χ0v) is 12.0. The minimum atomic E-state index is -0.0317. The molecule has 0 bridgehead atoms. The molecule has 0 unspecified atom stereocenters. The number of carbonyl (C=O) groups is 1. The Morgan fingerprint density at radius 2 is 2.10 bits per heavy atom. The van der Waals surface area contributed by atoms with Crippen molar-refractivity contribution >= 4 is 28.1 Å². The number of aryl methyl sites for hydroxylation is 1. The van der Waals surface area contributed by atoms with E-state index in [0.29, 0.717) is 5.69 Å². The van der Waals surface area contributed by atoms with E-state index in [-0.39, 0.29) is 18.5 Å². The van der Waals surface area contributed by atoms with Gasteiger partial charge < -0.3 is 16.4 Å². The fourth-order valence-electron chi connectivity index (χ4n) is 2.07. The van der Waals surface area contributed by atoms with Crippen molar-refractivity contribution in [2.75, 3.05) is 17.6 Å². The summed E-state index contributed by atoms with van der Waals surface area (Å²) in [6.07, 6.45) is 1.76. The molecule has 1 aromatic heterocycles. The second-order valence-electron chi connectivity index (χ2n) is 5.15. The van der Waals surface area contributed by atoms with Crippen LogP contribution in [0.25, 0.3) is 10.8 Å². The second kappa shape index (κ2) is 5.77. The van der Waals surface area contributed by atoms with Crippen molar-refractivity contribution < 1.29 is 4.79 Å². The highest BCUT2D eigenvalue weighted by Crippen LogP contribution is 2.28. The predicted molar refractivity (Wildman–Crippen MR) is 82.7 cm³/mol. The lowest BCUT2D eigenvalue weighted by Gasteiger charge is -2.13. The summed E-state index contributed by atoms with van der Waals surface area (Å²) in [5.74, 6) is -0.0317. The van der Waals surface area contributed by atoms with E-state index in [2.05, 4.69) is 15.6 Å². The zero-order chi connectivity index (χ0) is 14.7. The number of hydrogen-bond donors (Lipinski definition) is 3. The van der Waals surface area contributed by atoms with Gasteiger partial charge in [-0.25, -0.2) is 0 Å². The van der Waals surface area contributed by atoms with Gasteiger partial charge >= 0.3 is 0 Å². The van der Waals surface area contributed by atoms with Gasteiger partial charge in [-0.1, -0.05) is 0 Å². The molecule has 20 heavy (non-hydrogen) atoms. The molecule has 5 heteroatoms. The molecule has 0 radical (unpaired) electrons. The number of nitrogen functional groups attached to an aromatic ring is 1. The number of hydrogen-bond acceptors (Lipinski definition) is 4. The van der Waals surface area contributed by atoms with Gasteiger partial charge in [0.1, 0.15) is 0 Å². The Bertz CT molecular complexity index is 637. The fraction of sp³-hybridized carbons (Fsp3) is 0.333. The Morgan fingerprint density at radius 3 is 2.80 bits per heavy atom. The Morgan fingerprint density at radius 1 is 1.35 bits per heavy atom. The summed E-state index contributed by atoms with van der Waals surface area (Å²) in [6.45, 7) is 6.04. The molecule has 2 aromatic rings. The second-order valence-corrected chi connectivity index (χ2v) is 5.15. The number of nitrogens with two attached hydrogens (primary N) is 1. The monoisotopic (exact) mass is 272 g/mol. The number of nitrogens with one attached hydrogen (secondary N) is 2. The molecule has 0 spiro atoms. The predicted octanol–water partition coefficient (Wildman–Crippen LogP) is 2.06. The molecular formula is C15H20N4O. The third-order valence-electron chi connectivity index (χ3n) is 2.96. The average Bonchev–Trinajstić information content (AvgIpc) is 2.37. The number of anilines is 2. The summed E-state index contributed by atoms with van der Waals surface area (Å²) < 4.78 is 0. The topological polar surface area (TPSA) is 80.0 Å². The van der Waals surface area contributed by atoms with Crippen LogP contribution < -0.4 is 16.4 Å². The summed E-state index contributed by atoms with van der Waals surface area (Å²) in [6, 6.07) is 5.81. The first-order valence-corrected chi connectivity index (χ1v) is 6.65. The van der Waals surface area contributed by atoms with Gasteiger partial charge in [-0.05, 0) is 39.0 Å². The lowest BCUT2D eigenvalue weighted by Crippen LogP contribution is -2.34. The highest BCUT2D eigenvalue weighted by atomic mass is 16.1. The Kier molecular flexibility index (Phi) is 4.08. The SMILES string of the molecule is Cc1cc2c(NCC(=O)NC(C)C)ccc(N)c2cn1. The smallest absolute Gasteiger partial charge is 0.239 e. The lowest BCUT2D eigenvalue weighted by molar-refractivity contribution is -0.119. The van der Waals surface area contributed by atoms with Gasteiger partial charge in [0.2, 0.25) is 5.91 Å². The molecule has 0 saturated heterocycles. The molecule has 4 N–H and O–H groups in total. The lowest BCUT2D eigenvalue weighted by atomic mass is 10.1. The van der Waals surface area contributed by atoms with Crippen molar-refractivity contribution in [1.82, 2.24) is 10.3 Å². The average molecular weight is 272 g/mol. The number of aromatic nitrogens is 1. The standard InChI is InChI=1S/C15H20N4O/c1-9(2)19-15(20)8-18-14-5-4-13(16)12-7-17-10(3)6-11(12)14/h4-7,9,18H,8,16H2,1-3H3,(H,19,20). The first-order valence-electron chi connectivity index (χ1n) is 6.65. The molecule has 5 nitrogen and oxygen atoms in total. The van der Waals surface area contributed by atoms with Crippen LogP contribution >= 0.6 is 0 Å². The Balaban J connectivity index is 2.24. The third kappa shape index (κ3) is 3.17. The van der Waals surface area contributed by atoms with E-state index < -0.39 is 0 Å². The van der Waals surface area contributed by atoms with Gasteiger partial charge in [0.05, 0.1) is 6.54 Å². The highest BCUT2D eigenvalue weighted by molar-refractivity contribution is 6.01. The van der Waals surface area contributed by atoms with Gasteiger partial charge in [-0.3, -0.25) is 9.78 Å². The van der Waals surface area contributed by atoms with Gasteiger partial charge in [-0.15, -0.1) is 0 Å². The van der Waals surface area contributed by atoms with Gasteiger partial charge in [0.25, 0.3) is 0 Å². The van der Waals surface area contributed by atoms with Crippen molar-refractivity contribution in [3.05, 3.63) is 30.1 Å². The van der Waals surface area contributed by atoms with Crippen LogP contribution in [0.2, 0.25) is 0 Å². The van der Waals surface area contributed by atoms with Crippen LogP contribution in [0.3, 0.4) is 0 Å². The van der Waals surface area contributed by atoms with E-state index >= 15 is 0 Å². The maximum Gasteiger partial charge on any atom is 0.239 e. The van der Waals surface area contributed by atoms with Gasteiger partial charge in [0.15, 0.2) is 0 Å². The largest absolute Gasteiger partial charge is 0.398 e. The minimum absolute atomic E-state index is 0.0317. The number of fused-ring (bicyclic) bond motifs is 1. The van der Waals surface area contributed by atoms with Crippen LogP contribution in [0.5, 0.6) is 0 Å². The maximum atomic E-state index is 11.7. The van der Waals surface area contributed by atoms with Crippen molar-refractivity contribution in [1.29, 1.82) is 0 Å². The number of amides is 1. The quantitative estimate of drug-likeness (QED) is 0.744. The van der Waals surface area contributed by atoms with Crippen LogP contribution in [0, 0.1) is 6.92 Å². The highest BCUT2D eigenvalue weighted by Gasteiger charge is 2.07. The van der Waals surface area contributed by atoms with Crippen LogP contribution in [0.4, 0.5) is 11.4 Å². The number of carbonyl (C=O) groups excluding carboxylic acids is 1. The summed E-state index contributed by atoms with van der Waals surface area (Å²) in [5, 5.41) is 7.87. The first kappa shape index (κ1) is 14.1. The van der Waals surface area contributed by atoms with Crippen LogP contribution in [0.15, 0.2) is 24.4 Å². The van der Waals surface area contributed by atoms with E-state index in [1.54, 1.807) is 6.20 Å². The molecule has 2 rings (SSSR count). The van der Waals surface area contributed by atoms with Crippen molar-refractivity contribution in [2.45, 2.75) is 26.8 Å². The summed E-state index contributed by atoms with van der Waals surface area (Å²) in [4.78, 5) is 15.9. The van der Waals surface area contributed by atoms with Crippen molar-refractivity contribution in [3.63, 3.8) is 0 Å². The van der Waals surface area contributed by atoms with E-state index in [9.17, 15) is 4.79 Å². The Labute approximate surface area is 118 Å². The molecule has 0 fully saturated rings. The number of pyridine rings is 1. The van der Waals surface area contributed by atoms with E-state index in [1.807, 2.05) is 39.0 Å². The summed E-state index contributed by atoms with van der Waals surface area (Å²) in [7, 11) is 0. The van der Waals surface area contributed by atoms with E-state index in [1.165, 1.54) is 0 Å². The maximum absolute atomic E-state index is 11.7. The van der Waals surface area contributed by atoms with Crippen LogP contribution in [-0.2, 0) is 4.79 Å². The fourth-order valence-corrected chi connectivity index (χ4v) is 2.07.